The summed E-state index contributed by atoms with van der Waals surface area (Å²) in [6.07, 6.45) is 0.954. The maximum Gasteiger partial charge on any atom is 0.147 e. The molecule has 1 atom stereocenters. The van der Waals surface area contributed by atoms with Gasteiger partial charge >= 0.3 is 0 Å². The molecule has 0 aliphatic heterocycles. The Balaban J connectivity index is 1.99. The van der Waals surface area contributed by atoms with Crippen LogP contribution in [-0.4, -0.2) is 0 Å². The normalized spacial score (nSPS) is 19.4. The predicted octanol–water partition coefficient (Wildman–Crippen LogP) is 5.98. The Bertz CT molecular complexity index is 699. The summed E-state index contributed by atoms with van der Waals surface area (Å²) in [7, 11) is 0. The van der Waals surface area contributed by atoms with Gasteiger partial charge in [0, 0.05) is 9.50 Å². The van der Waals surface area contributed by atoms with E-state index in [1.54, 1.807) is 6.07 Å². The Labute approximate surface area is 137 Å². The molecular formula is C17H16BrClFN. The third-order valence-corrected chi connectivity index (χ3v) is 4.81. The molecule has 0 saturated heterocycles. The van der Waals surface area contributed by atoms with Crippen molar-refractivity contribution >= 4 is 33.2 Å². The van der Waals surface area contributed by atoms with Crippen LogP contribution >= 0.6 is 27.5 Å². The highest BCUT2D eigenvalue weighted by Crippen LogP contribution is 2.47. The number of hydrogen-bond donors (Lipinski definition) is 1. The number of hydrogen-bond acceptors (Lipinski definition) is 1. The zero-order valence-corrected chi connectivity index (χ0v) is 14.2. The maximum atomic E-state index is 14.1. The molecule has 1 aliphatic carbocycles. The first kappa shape index (κ1) is 14.9. The van der Waals surface area contributed by atoms with Gasteiger partial charge in [0.05, 0.1) is 11.7 Å². The molecular weight excluding hydrogens is 353 g/mol. The van der Waals surface area contributed by atoms with E-state index >= 15 is 0 Å². The van der Waals surface area contributed by atoms with E-state index in [0.29, 0.717) is 5.69 Å². The van der Waals surface area contributed by atoms with Crippen molar-refractivity contribution in [3.05, 3.63) is 62.8 Å². The first-order valence-electron chi connectivity index (χ1n) is 6.87. The highest BCUT2D eigenvalue weighted by Gasteiger charge is 2.39. The minimum Gasteiger partial charge on any atom is -0.375 e. The largest absolute Gasteiger partial charge is 0.375 e. The summed E-state index contributed by atoms with van der Waals surface area (Å²) in [6.45, 7) is 4.38. The summed E-state index contributed by atoms with van der Waals surface area (Å²) in [5.74, 6) is -0.254. The van der Waals surface area contributed by atoms with Gasteiger partial charge in [0.1, 0.15) is 5.82 Å². The zero-order chi connectivity index (χ0) is 15.2. The summed E-state index contributed by atoms with van der Waals surface area (Å²) in [5, 5.41) is 4.07. The summed E-state index contributed by atoms with van der Waals surface area (Å²) in [5.41, 5.74) is 2.96. The molecule has 21 heavy (non-hydrogen) atoms. The van der Waals surface area contributed by atoms with Gasteiger partial charge in [-0.05, 0) is 53.3 Å². The van der Waals surface area contributed by atoms with Gasteiger partial charge in [0.25, 0.3) is 0 Å². The predicted molar refractivity (Wildman–Crippen MR) is 89.4 cm³/mol. The fourth-order valence-electron chi connectivity index (χ4n) is 3.04. The Hall–Kier alpha value is -1.06. The first-order valence-corrected chi connectivity index (χ1v) is 8.04. The number of halogens is 3. The van der Waals surface area contributed by atoms with E-state index in [9.17, 15) is 4.39 Å². The van der Waals surface area contributed by atoms with E-state index in [2.05, 4.69) is 41.2 Å². The monoisotopic (exact) mass is 367 g/mol. The van der Waals surface area contributed by atoms with Crippen molar-refractivity contribution in [2.24, 2.45) is 5.41 Å². The van der Waals surface area contributed by atoms with Crippen molar-refractivity contribution in [1.82, 2.24) is 0 Å². The fourth-order valence-corrected chi connectivity index (χ4v) is 3.56. The second-order valence-electron chi connectivity index (χ2n) is 6.21. The molecule has 1 unspecified atom stereocenters. The lowest BCUT2D eigenvalue weighted by atomic mass is 9.85. The molecule has 0 amide bonds. The van der Waals surface area contributed by atoms with Crippen molar-refractivity contribution in [1.29, 1.82) is 0 Å². The van der Waals surface area contributed by atoms with Crippen LogP contribution in [0.15, 0.2) is 40.9 Å². The molecule has 0 fully saturated rings. The van der Waals surface area contributed by atoms with Gasteiger partial charge in [-0.15, -0.1) is 0 Å². The quantitative estimate of drug-likeness (QED) is 0.688. The molecule has 0 heterocycles. The summed E-state index contributed by atoms with van der Waals surface area (Å²) in [4.78, 5) is 0. The van der Waals surface area contributed by atoms with Crippen LogP contribution < -0.4 is 5.32 Å². The van der Waals surface area contributed by atoms with E-state index in [4.69, 9.17) is 11.6 Å². The third kappa shape index (κ3) is 2.82. The lowest BCUT2D eigenvalue weighted by Crippen LogP contribution is -2.24. The molecule has 1 aliphatic rings. The van der Waals surface area contributed by atoms with Gasteiger partial charge in [0.15, 0.2) is 0 Å². The molecule has 2 aromatic rings. The third-order valence-electron chi connectivity index (χ3n) is 4.08. The molecule has 0 spiro atoms. The van der Waals surface area contributed by atoms with Gasteiger partial charge in [-0.2, -0.15) is 0 Å². The first-order chi connectivity index (χ1) is 9.87. The molecule has 0 bridgehead atoms. The van der Waals surface area contributed by atoms with Crippen molar-refractivity contribution in [3.63, 3.8) is 0 Å². The van der Waals surface area contributed by atoms with Crippen molar-refractivity contribution in [3.8, 4) is 0 Å². The lowest BCUT2D eigenvalue weighted by molar-refractivity contribution is 0.336. The highest BCUT2D eigenvalue weighted by atomic mass is 79.9. The van der Waals surface area contributed by atoms with Crippen LogP contribution in [0.2, 0.25) is 5.02 Å². The number of fused-ring (bicyclic) bond motifs is 1. The number of rotatable bonds is 2. The maximum absolute atomic E-state index is 14.1. The fraction of sp³-hybridized carbons (Fsp3) is 0.294. The number of anilines is 1. The van der Waals surface area contributed by atoms with E-state index in [-0.39, 0.29) is 17.3 Å². The SMILES string of the molecule is CC1(C)Cc2ccc(Cl)cc2C1Nc1ccc(Br)cc1F. The van der Waals surface area contributed by atoms with E-state index in [0.717, 1.165) is 21.5 Å². The van der Waals surface area contributed by atoms with Crippen LogP contribution in [-0.2, 0) is 6.42 Å². The van der Waals surface area contributed by atoms with Gasteiger partial charge in [-0.25, -0.2) is 4.39 Å². The standard InChI is InChI=1S/C17H16BrClFN/c1-17(2)9-10-3-5-12(19)8-13(10)16(17)21-15-6-4-11(18)7-14(15)20/h3-8,16,21H,9H2,1-2H3. The van der Waals surface area contributed by atoms with Gasteiger partial charge < -0.3 is 5.32 Å². The van der Waals surface area contributed by atoms with Crippen molar-refractivity contribution in [2.45, 2.75) is 26.3 Å². The lowest BCUT2D eigenvalue weighted by Gasteiger charge is -2.29. The molecule has 1 N–H and O–H groups in total. The Kier molecular flexibility index (Phi) is 3.74. The smallest absolute Gasteiger partial charge is 0.147 e. The Morgan fingerprint density at radius 2 is 2.00 bits per heavy atom. The topological polar surface area (TPSA) is 12.0 Å². The molecule has 0 saturated carbocycles. The molecule has 2 aromatic carbocycles. The van der Waals surface area contributed by atoms with Crippen LogP contribution in [0.4, 0.5) is 10.1 Å². The van der Waals surface area contributed by atoms with Crippen LogP contribution in [0, 0.1) is 11.2 Å². The van der Waals surface area contributed by atoms with Crippen molar-refractivity contribution in [2.75, 3.05) is 5.32 Å². The highest BCUT2D eigenvalue weighted by molar-refractivity contribution is 9.10. The second kappa shape index (κ2) is 5.29. The zero-order valence-electron chi connectivity index (χ0n) is 11.9. The Morgan fingerprint density at radius 1 is 1.24 bits per heavy atom. The van der Waals surface area contributed by atoms with Crippen LogP contribution in [0.1, 0.15) is 31.0 Å². The van der Waals surface area contributed by atoms with Gasteiger partial charge in [0.2, 0.25) is 0 Å². The number of benzene rings is 2. The van der Waals surface area contributed by atoms with E-state index in [1.165, 1.54) is 11.6 Å². The van der Waals surface area contributed by atoms with E-state index < -0.39 is 0 Å². The second-order valence-corrected chi connectivity index (χ2v) is 7.56. The van der Waals surface area contributed by atoms with Gasteiger partial charge in [-0.3, -0.25) is 0 Å². The van der Waals surface area contributed by atoms with E-state index in [1.807, 2.05) is 18.2 Å². The molecule has 0 radical (unpaired) electrons. The molecule has 3 rings (SSSR count). The molecule has 1 nitrogen and oxygen atoms in total. The summed E-state index contributed by atoms with van der Waals surface area (Å²) >= 11 is 9.41. The number of nitrogens with one attached hydrogen (secondary N) is 1. The Morgan fingerprint density at radius 3 is 2.71 bits per heavy atom. The summed E-state index contributed by atoms with van der Waals surface area (Å²) in [6, 6.07) is 11.1. The van der Waals surface area contributed by atoms with Crippen LogP contribution in [0.3, 0.4) is 0 Å². The average Bonchev–Trinajstić information content (AvgIpc) is 2.63. The van der Waals surface area contributed by atoms with Crippen LogP contribution in [0.25, 0.3) is 0 Å². The average molecular weight is 369 g/mol. The van der Waals surface area contributed by atoms with Crippen LogP contribution in [0.5, 0.6) is 0 Å². The summed E-state index contributed by atoms with van der Waals surface area (Å²) < 4.78 is 14.8. The molecule has 0 aromatic heterocycles. The van der Waals surface area contributed by atoms with Crippen molar-refractivity contribution < 1.29 is 4.39 Å². The molecule has 4 heteroatoms. The minimum atomic E-state index is -0.254. The minimum absolute atomic E-state index is 0.00648. The molecule has 110 valence electrons. The van der Waals surface area contributed by atoms with Gasteiger partial charge in [-0.1, -0.05) is 47.4 Å².